The van der Waals surface area contributed by atoms with Crippen LogP contribution < -0.4 is 5.19 Å². The van der Waals surface area contributed by atoms with Crippen molar-refractivity contribution >= 4 is 44.8 Å². The van der Waals surface area contributed by atoms with E-state index in [4.69, 9.17) is 4.98 Å². The average Bonchev–Trinajstić information content (AvgIpc) is 3.85. The molecule has 0 unspecified atom stereocenters. The van der Waals surface area contributed by atoms with Crippen molar-refractivity contribution in [2.75, 3.05) is 0 Å². The number of fused-ring (bicyclic) bond motifs is 3. The maximum atomic E-state index is 4.83. The third-order valence-corrected chi connectivity index (χ3v) is 14.4. The fourth-order valence-corrected chi connectivity index (χ4v) is 11.1. The Bertz CT molecular complexity index is 2320. The van der Waals surface area contributed by atoms with E-state index in [0.29, 0.717) is 5.92 Å². The standard InChI is InChI=1S/C31H28NS.C18H24NSi.Ir/c1-31(2,22-12-6-7-13-22)23-18-19-32-28(20-23)27-17-9-16-26-25-15-8-14-24(29(25)33-30(26)27)21-10-4-3-5-11-21;1-14(2)11-16-12-17(15-9-7-6-8-10-15)19-13-18(16)20(3,4)5;/h3-5,8-11,14-16,18-20,22H,6-7,12-13H2,1-2H3;6-9,12-14H,11H2,1-5H3;/q2*-1;. The molecule has 1 saturated carbocycles. The van der Waals surface area contributed by atoms with Crippen LogP contribution in [0.5, 0.6) is 0 Å². The molecular weight excluding hydrogens is 869 g/mol. The van der Waals surface area contributed by atoms with Gasteiger partial charge in [0.05, 0.1) is 8.07 Å². The van der Waals surface area contributed by atoms with E-state index in [1.165, 1.54) is 73.3 Å². The van der Waals surface area contributed by atoms with E-state index in [2.05, 4.69) is 156 Å². The summed E-state index contributed by atoms with van der Waals surface area (Å²) in [5, 5.41) is 4.10. The van der Waals surface area contributed by atoms with E-state index in [1.54, 1.807) is 0 Å². The van der Waals surface area contributed by atoms with Gasteiger partial charge in [-0.15, -0.1) is 59.7 Å². The quantitative estimate of drug-likeness (QED) is 0.112. The first-order chi connectivity index (χ1) is 25.5. The van der Waals surface area contributed by atoms with Gasteiger partial charge in [0, 0.05) is 37.2 Å². The molecule has 3 heterocycles. The van der Waals surface area contributed by atoms with Crippen LogP contribution >= 0.6 is 11.3 Å². The van der Waals surface area contributed by atoms with Crippen LogP contribution in [0, 0.1) is 24.0 Å². The SMILES string of the molecule is CC(C)(c1ccnc(-c2[c-]ccc3c2sc2c(-c4ccccc4)cccc23)c1)C1CCCC1.CC(C)Cc1cc(-c2[c-]cccc2)ncc1[Si](C)(C)C.[Ir]. The van der Waals surface area contributed by atoms with Gasteiger partial charge in [-0.05, 0) is 85.9 Å². The number of thiophene rings is 1. The number of pyridine rings is 2. The molecule has 54 heavy (non-hydrogen) atoms. The van der Waals surface area contributed by atoms with Gasteiger partial charge in [-0.1, -0.05) is 132 Å². The van der Waals surface area contributed by atoms with Crippen molar-refractivity contribution in [2.45, 2.75) is 84.9 Å². The largest absolute Gasteiger partial charge is 0.305 e. The predicted octanol–water partition coefficient (Wildman–Crippen LogP) is 13.3. The molecule has 3 aromatic heterocycles. The van der Waals surface area contributed by atoms with Crippen molar-refractivity contribution in [1.82, 2.24) is 9.97 Å². The smallest absolute Gasteiger partial charge is 0.0798 e. The topological polar surface area (TPSA) is 25.8 Å². The van der Waals surface area contributed by atoms with Crippen molar-refractivity contribution in [1.29, 1.82) is 0 Å². The normalized spacial score (nSPS) is 13.6. The van der Waals surface area contributed by atoms with Crippen LogP contribution in [0.4, 0.5) is 0 Å². The Hall–Kier alpha value is -3.73. The summed E-state index contributed by atoms with van der Waals surface area (Å²) in [6.07, 6.45) is 10.6. The van der Waals surface area contributed by atoms with Gasteiger partial charge in [-0.3, -0.25) is 0 Å². The minimum atomic E-state index is -1.34. The van der Waals surface area contributed by atoms with Crippen LogP contribution in [0.2, 0.25) is 19.6 Å². The second-order valence-corrected chi connectivity index (χ2v) is 22.8. The molecule has 279 valence electrons. The van der Waals surface area contributed by atoms with Gasteiger partial charge in [0.2, 0.25) is 0 Å². The van der Waals surface area contributed by atoms with Crippen molar-refractivity contribution in [3.05, 3.63) is 139 Å². The zero-order valence-electron chi connectivity index (χ0n) is 32.8. The predicted molar refractivity (Wildman–Crippen MR) is 232 cm³/mol. The van der Waals surface area contributed by atoms with Crippen LogP contribution in [-0.2, 0) is 31.9 Å². The number of nitrogens with zero attached hydrogens (tertiary/aromatic N) is 2. The molecule has 7 aromatic rings. The number of hydrogen-bond acceptors (Lipinski definition) is 3. The fraction of sp³-hybridized carbons (Fsp3) is 0.306. The second kappa shape index (κ2) is 17.0. The zero-order valence-corrected chi connectivity index (χ0v) is 37.0. The van der Waals surface area contributed by atoms with Gasteiger partial charge in [0.25, 0.3) is 0 Å². The van der Waals surface area contributed by atoms with Crippen LogP contribution in [0.25, 0.3) is 53.8 Å². The first-order valence-electron chi connectivity index (χ1n) is 19.4. The molecule has 5 heteroatoms. The molecule has 0 N–H and O–H groups in total. The molecule has 0 saturated heterocycles. The van der Waals surface area contributed by atoms with Gasteiger partial charge in [-0.2, -0.15) is 11.3 Å². The average molecular weight is 921 g/mol. The second-order valence-electron chi connectivity index (χ2n) is 16.7. The molecule has 2 nitrogen and oxygen atoms in total. The Morgan fingerprint density at radius 1 is 0.778 bits per heavy atom. The first kappa shape index (κ1) is 39.9. The molecule has 0 atom stereocenters. The fourth-order valence-electron chi connectivity index (χ4n) is 8.13. The van der Waals surface area contributed by atoms with Gasteiger partial charge < -0.3 is 9.97 Å². The summed E-state index contributed by atoms with van der Waals surface area (Å²) in [5.74, 6) is 1.42. The van der Waals surface area contributed by atoms with Gasteiger partial charge in [0.15, 0.2) is 0 Å². The number of aromatic nitrogens is 2. The molecule has 8 rings (SSSR count). The first-order valence-corrected chi connectivity index (χ1v) is 23.7. The van der Waals surface area contributed by atoms with Crippen LogP contribution in [-0.4, -0.2) is 18.0 Å². The third kappa shape index (κ3) is 8.56. The van der Waals surface area contributed by atoms with E-state index in [-0.39, 0.29) is 25.5 Å². The van der Waals surface area contributed by atoms with E-state index in [9.17, 15) is 0 Å². The van der Waals surface area contributed by atoms with Crippen molar-refractivity contribution in [3.8, 4) is 33.6 Å². The molecule has 1 aliphatic rings. The number of rotatable bonds is 8. The monoisotopic (exact) mass is 921 g/mol. The van der Waals surface area contributed by atoms with Crippen molar-refractivity contribution in [2.24, 2.45) is 11.8 Å². The molecule has 1 radical (unpaired) electrons. The Morgan fingerprint density at radius 3 is 2.22 bits per heavy atom. The number of benzene rings is 4. The third-order valence-electron chi connectivity index (χ3n) is 11.1. The number of hydrogen-bond donors (Lipinski definition) is 0. The van der Waals surface area contributed by atoms with Gasteiger partial charge in [-0.25, -0.2) is 0 Å². The van der Waals surface area contributed by atoms with Gasteiger partial charge >= 0.3 is 0 Å². The summed E-state index contributed by atoms with van der Waals surface area (Å²) in [6.45, 7) is 16.6. The van der Waals surface area contributed by atoms with Crippen LogP contribution in [0.15, 0.2) is 116 Å². The summed E-state index contributed by atoms with van der Waals surface area (Å²) in [4.78, 5) is 9.51. The summed E-state index contributed by atoms with van der Waals surface area (Å²) < 4.78 is 2.61. The summed E-state index contributed by atoms with van der Waals surface area (Å²) in [5.41, 5.74) is 9.89. The van der Waals surface area contributed by atoms with Crippen LogP contribution in [0.3, 0.4) is 0 Å². The molecule has 0 spiro atoms. The Kier molecular flexibility index (Phi) is 12.5. The van der Waals surface area contributed by atoms with E-state index in [1.807, 2.05) is 35.7 Å². The minimum absolute atomic E-state index is 0. The van der Waals surface area contributed by atoms with Crippen molar-refractivity contribution in [3.63, 3.8) is 0 Å². The summed E-state index contributed by atoms with van der Waals surface area (Å²) in [6, 6.07) is 43.3. The van der Waals surface area contributed by atoms with E-state index >= 15 is 0 Å². The molecule has 0 bridgehead atoms. The van der Waals surface area contributed by atoms with E-state index in [0.717, 1.165) is 34.9 Å². The molecule has 1 aliphatic carbocycles. The molecule has 0 amide bonds. The summed E-state index contributed by atoms with van der Waals surface area (Å²) in [7, 11) is -1.34. The Morgan fingerprint density at radius 2 is 1.52 bits per heavy atom. The maximum Gasteiger partial charge on any atom is 0.0798 e. The Balaban J connectivity index is 0.000000205. The minimum Gasteiger partial charge on any atom is -0.305 e. The molecule has 1 fully saturated rings. The molecule has 4 aromatic carbocycles. The summed E-state index contributed by atoms with van der Waals surface area (Å²) >= 11 is 1.87. The Labute approximate surface area is 341 Å². The van der Waals surface area contributed by atoms with E-state index < -0.39 is 8.07 Å². The molecule has 0 aliphatic heterocycles. The zero-order chi connectivity index (χ0) is 37.2. The van der Waals surface area contributed by atoms with Crippen LogP contribution in [0.1, 0.15) is 64.5 Å². The maximum absolute atomic E-state index is 4.83. The molecular formula is C49H52IrN2SSi-2. The van der Waals surface area contributed by atoms with Gasteiger partial charge in [0.1, 0.15) is 0 Å². The van der Waals surface area contributed by atoms with Crippen molar-refractivity contribution < 1.29 is 20.1 Å².